The third-order valence-corrected chi connectivity index (χ3v) is 3.88. The zero-order valence-corrected chi connectivity index (χ0v) is 14.3. The van der Waals surface area contributed by atoms with Crippen molar-refractivity contribution in [2.75, 3.05) is 20.1 Å². The van der Waals surface area contributed by atoms with Gasteiger partial charge in [-0.15, -0.1) is 0 Å². The van der Waals surface area contributed by atoms with Crippen LogP contribution in [0.25, 0.3) is 0 Å². The summed E-state index contributed by atoms with van der Waals surface area (Å²) in [6, 6.07) is 10.9. The molecule has 1 heterocycles. The summed E-state index contributed by atoms with van der Waals surface area (Å²) in [4.78, 5) is 29.5. The average Bonchev–Trinajstić information content (AvgIpc) is 2.60. The van der Waals surface area contributed by atoms with Gasteiger partial charge in [-0.2, -0.15) is 0 Å². The maximum Gasteiger partial charge on any atom is 0.241 e. The number of hydrogen-bond donors (Lipinski definition) is 1. The van der Waals surface area contributed by atoms with E-state index in [1.807, 2.05) is 12.1 Å². The number of carbonyl (C=O) groups is 2. The highest BCUT2D eigenvalue weighted by Gasteiger charge is 2.11. The van der Waals surface area contributed by atoms with Gasteiger partial charge in [-0.05, 0) is 41.8 Å². The number of hydrogen-bond acceptors (Lipinski definition) is 3. The molecule has 0 spiro atoms. The number of benzene rings is 1. The fourth-order valence-electron chi connectivity index (χ4n) is 2.13. The number of nitrogens with one attached hydrogen (secondary N) is 1. The van der Waals surface area contributed by atoms with E-state index in [9.17, 15) is 9.59 Å². The van der Waals surface area contributed by atoms with Crippen LogP contribution >= 0.6 is 11.6 Å². The van der Waals surface area contributed by atoms with E-state index in [4.69, 9.17) is 11.6 Å². The first-order valence-electron chi connectivity index (χ1n) is 7.68. The molecule has 0 bridgehead atoms. The van der Waals surface area contributed by atoms with E-state index in [1.54, 1.807) is 48.6 Å². The van der Waals surface area contributed by atoms with Gasteiger partial charge in [-0.1, -0.05) is 23.7 Å². The van der Waals surface area contributed by atoms with E-state index < -0.39 is 0 Å². The molecular weight excluding hydrogens is 326 g/mol. The van der Waals surface area contributed by atoms with E-state index in [2.05, 4.69) is 10.3 Å². The lowest BCUT2D eigenvalue weighted by atomic mass is 10.1. The van der Waals surface area contributed by atoms with Crippen LogP contribution in [0.4, 0.5) is 0 Å². The Hall–Kier alpha value is -2.40. The Balaban J connectivity index is 1.71. The number of carbonyl (C=O) groups excluding carboxylic acids is 2. The van der Waals surface area contributed by atoms with Crippen LogP contribution in [0.5, 0.6) is 0 Å². The third kappa shape index (κ3) is 6.01. The zero-order valence-electron chi connectivity index (χ0n) is 13.5. The van der Waals surface area contributed by atoms with Crippen LogP contribution in [-0.4, -0.2) is 41.8 Å². The summed E-state index contributed by atoms with van der Waals surface area (Å²) in [6.45, 7) is 0.592. The lowest BCUT2D eigenvalue weighted by Crippen LogP contribution is -2.39. The van der Waals surface area contributed by atoms with E-state index in [1.165, 1.54) is 0 Å². The first-order chi connectivity index (χ1) is 11.5. The zero-order chi connectivity index (χ0) is 17.4. The predicted molar refractivity (Wildman–Crippen MR) is 93.7 cm³/mol. The maximum absolute atomic E-state index is 12.0. The van der Waals surface area contributed by atoms with Gasteiger partial charge in [-0.25, -0.2) is 0 Å². The van der Waals surface area contributed by atoms with Crippen LogP contribution in [-0.2, 0) is 22.4 Å². The first kappa shape index (κ1) is 17.9. The molecule has 2 rings (SSSR count). The van der Waals surface area contributed by atoms with Gasteiger partial charge in [0.05, 0.1) is 13.0 Å². The largest absolute Gasteiger partial charge is 0.347 e. The molecule has 5 nitrogen and oxygen atoms in total. The van der Waals surface area contributed by atoms with Gasteiger partial charge >= 0.3 is 0 Å². The molecule has 0 atom stereocenters. The van der Waals surface area contributed by atoms with Crippen LogP contribution in [0.2, 0.25) is 5.02 Å². The minimum atomic E-state index is -0.187. The third-order valence-electron chi connectivity index (χ3n) is 3.63. The molecule has 0 fully saturated rings. The smallest absolute Gasteiger partial charge is 0.241 e. The molecule has 1 aromatic carbocycles. The molecule has 6 heteroatoms. The quantitative estimate of drug-likeness (QED) is 0.835. The van der Waals surface area contributed by atoms with Gasteiger partial charge in [0.15, 0.2) is 0 Å². The molecule has 1 aromatic heterocycles. The number of halogens is 1. The number of likely N-dealkylation sites (N-methyl/N-ethyl adjacent to an activating group) is 1. The van der Waals surface area contributed by atoms with Gasteiger partial charge in [0.2, 0.25) is 11.8 Å². The van der Waals surface area contributed by atoms with E-state index >= 15 is 0 Å². The standard InChI is InChI=1S/C18H20ClN3O2/c1-22(11-8-14-6-9-20-10-7-14)18(24)13-21-17(23)12-15-2-4-16(19)5-3-15/h2-7,9-10H,8,11-13H2,1H3,(H,21,23). The fraction of sp³-hybridized carbons (Fsp3) is 0.278. The van der Waals surface area contributed by atoms with Crippen molar-refractivity contribution in [2.24, 2.45) is 0 Å². The van der Waals surface area contributed by atoms with Crippen molar-refractivity contribution in [3.8, 4) is 0 Å². The van der Waals surface area contributed by atoms with Gasteiger partial charge in [-0.3, -0.25) is 14.6 Å². The second kappa shape index (κ2) is 9.03. The molecule has 0 aliphatic rings. The summed E-state index contributed by atoms with van der Waals surface area (Å²) < 4.78 is 0. The minimum Gasteiger partial charge on any atom is -0.347 e. The number of amides is 2. The molecule has 126 valence electrons. The van der Waals surface area contributed by atoms with Crippen LogP contribution in [0, 0.1) is 0 Å². The molecular formula is C18H20ClN3O2. The lowest BCUT2D eigenvalue weighted by Gasteiger charge is -2.17. The van der Waals surface area contributed by atoms with Crippen molar-refractivity contribution >= 4 is 23.4 Å². The first-order valence-corrected chi connectivity index (χ1v) is 8.06. The maximum atomic E-state index is 12.0. The molecule has 1 N–H and O–H groups in total. The van der Waals surface area contributed by atoms with Crippen LogP contribution in [0.3, 0.4) is 0 Å². The van der Waals surface area contributed by atoms with Crippen molar-refractivity contribution in [2.45, 2.75) is 12.8 Å². The summed E-state index contributed by atoms with van der Waals surface area (Å²) in [6.07, 6.45) is 4.44. The molecule has 0 radical (unpaired) electrons. The van der Waals surface area contributed by atoms with Crippen LogP contribution in [0.1, 0.15) is 11.1 Å². The van der Waals surface area contributed by atoms with Gasteiger partial charge < -0.3 is 10.2 Å². The van der Waals surface area contributed by atoms with E-state index in [0.29, 0.717) is 11.6 Å². The van der Waals surface area contributed by atoms with Crippen molar-refractivity contribution in [3.05, 3.63) is 64.9 Å². The molecule has 0 aliphatic heterocycles. The molecule has 0 unspecified atom stereocenters. The van der Waals surface area contributed by atoms with Gasteiger partial charge in [0.1, 0.15) is 0 Å². The van der Waals surface area contributed by atoms with Crippen LogP contribution in [0.15, 0.2) is 48.8 Å². The second-order valence-corrected chi connectivity index (χ2v) is 5.94. The Labute approximate surface area is 146 Å². The van der Waals surface area contributed by atoms with E-state index in [0.717, 1.165) is 17.5 Å². The van der Waals surface area contributed by atoms with Crippen molar-refractivity contribution in [1.82, 2.24) is 15.2 Å². The average molecular weight is 346 g/mol. The minimum absolute atomic E-state index is 0.000726. The monoisotopic (exact) mass is 345 g/mol. The summed E-state index contributed by atoms with van der Waals surface area (Å²) >= 11 is 5.81. The SMILES string of the molecule is CN(CCc1ccncc1)C(=O)CNC(=O)Cc1ccc(Cl)cc1. The van der Waals surface area contributed by atoms with Gasteiger partial charge in [0, 0.05) is 31.0 Å². The highest BCUT2D eigenvalue weighted by atomic mass is 35.5. The van der Waals surface area contributed by atoms with Gasteiger partial charge in [0.25, 0.3) is 0 Å². The number of nitrogens with zero attached hydrogens (tertiary/aromatic N) is 2. The summed E-state index contributed by atoms with van der Waals surface area (Å²) in [5, 5.41) is 3.28. The Kier molecular flexibility index (Phi) is 6.75. The highest BCUT2D eigenvalue weighted by Crippen LogP contribution is 2.09. The Bertz CT molecular complexity index is 674. The van der Waals surface area contributed by atoms with E-state index in [-0.39, 0.29) is 24.8 Å². The molecule has 2 amide bonds. The topological polar surface area (TPSA) is 62.3 Å². The van der Waals surface area contributed by atoms with Crippen molar-refractivity contribution < 1.29 is 9.59 Å². The lowest BCUT2D eigenvalue weighted by molar-refractivity contribution is -0.131. The second-order valence-electron chi connectivity index (χ2n) is 5.50. The van der Waals surface area contributed by atoms with Crippen LogP contribution < -0.4 is 5.32 Å². The molecule has 0 saturated heterocycles. The Morgan fingerprint density at radius 3 is 2.42 bits per heavy atom. The molecule has 2 aromatic rings. The summed E-state index contributed by atoms with van der Waals surface area (Å²) in [5.41, 5.74) is 1.98. The van der Waals surface area contributed by atoms with Crippen molar-refractivity contribution in [3.63, 3.8) is 0 Å². The fourth-order valence-corrected chi connectivity index (χ4v) is 2.26. The molecule has 24 heavy (non-hydrogen) atoms. The highest BCUT2D eigenvalue weighted by molar-refractivity contribution is 6.30. The number of aromatic nitrogens is 1. The van der Waals surface area contributed by atoms with Crippen molar-refractivity contribution in [1.29, 1.82) is 0 Å². The number of pyridine rings is 1. The summed E-state index contributed by atoms with van der Waals surface area (Å²) in [5.74, 6) is -0.304. The normalized spacial score (nSPS) is 10.2. The molecule has 0 aliphatic carbocycles. The summed E-state index contributed by atoms with van der Waals surface area (Å²) in [7, 11) is 1.73. The number of rotatable bonds is 7. The predicted octanol–water partition coefficient (Wildman–Crippen LogP) is 2.09. The Morgan fingerprint density at radius 1 is 1.08 bits per heavy atom. The Morgan fingerprint density at radius 2 is 1.75 bits per heavy atom. The molecule has 0 saturated carbocycles.